The Kier molecular flexibility index (Phi) is 6.15. The Bertz CT molecular complexity index is 809. The maximum Gasteiger partial charge on any atom is 0.261 e. The van der Waals surface area contributed by atoms with Crippen molar-refractivity contribution < 1.29 is 13.2 Å². The Morgan fingerprint density at radius 1 is 1.17 bits per heavy atom. The first kappa shape index (κ1) is 18.6. The van der Waals surface area contributed by atoms with Gasteiger partial charge < -0.3 is 5.32 Å². The van der Waals surface area contributed by atoms with E-state index < -0.39 is 10.0 Å². The molecule has 0 aliphatic rings. The molecule has 1 heterocycles. The molecule has 0 atom stereocenters. The van der Waals surface area contributed by atoms with Crippen molar-refractivity contribution in [1.29, 1.82) is 0 Å². The topological polar surface area (TPSA) is 75.3 Å². The van der Waals surface area contributed by atoms with Crippen LogP contribution < -0.4 is 10.0 Å². The van der Waals surface area contributed by atoms with Gasteiger partial charge in [0.1, 0.15) is 0 Å². The number of carbonyl (C=O) groups is 1. The lowest BCUT2D eigenvalue weighted by Crippen LogP contribution is -2.22. The molecular weight excluding hydrogens is 344 g/mol. The molecule has 5 nitrogen and oxygen atoms in total. The molecule has 1 aromatic heterocycles. The number of rotatable bonds is 7. The highest BCUT2D eigenvalue weighted by molar-refractivity contribution is 7.88. The van der Waals surface area contributed by atoms with E-state index in [0.29, 0.717) is 12.1 Å². The van der Waals surface area contributed by atoms with Crippen molar-refractivity contribution in [3.63, 3.8) is 0 Å². The van der Waals surface area contributed by atoms with Crippen molar-refractivity contribution in [2.45, 2.75) is 32.6 Å². The number of carbonyl (C=O) groups excluding carboxylic acids is 1. The van der Waals surface area contributed by atoms with Gasteiger partial charge in [-0.3, -0.25) is 4.79 Å². The summed E-state index contributed by atoms with van der Waals surface area (Å²) in [5.41, 5.74) is 2.85. The van der Waals surface area contributed by atoms with Crippen LogP contribution >= 0.6 is 11.3 Å². The third kappa shape index (κ3) is 4.90. The predicted molar refractivity (Wildman–Crippen MR) is 97.7 cm³/mol. The highest BCUT2D eigenvalue weighted by Crippen LogP contribution is 2.22. The van der Waals surface area contributed by atoms with Crippen LogP contribution in [0.4, 0.5) is 0 Å². The minimum Gasteiger partial charge on any atom is -0.347 e. The van der Waals surface area contributed by atoms with E-state index in [9.17, 15) is 13.2 Å². The number of aryl methyl sites for hydroxylation is 2. The van der Waals surface area contributed by atoms with Gasteiger partial charge in [-0.2, -0.15) is 0 Å². The van der Waals surface area contributed by atoms with Gasteiger partial charge in [0.15, 0.2) is 0 Å². The van der Waals surface area contributed by atoms with Crippen molar-refractivity contribution >= 4 is 27.3 Å². The molecule has 1 amide bonds. The molecule has 24 heavy (non-hydrogen) atoms. The first-order valence-corrected chi connectivity index (χ1v) is 10.2. The van der Waals surface area contributed by atoms with Gasteiger partial charge in [-0.05, 0) is 43.1 Å². The Labute approximate surface area is 147 Å². The summed E-state index contributed by atoms with van der Waals surface area (Å²) in [6.45, 7) is 4.51. The molecule has 0 bridgehead atoms. The SMILES string of the molecule is CCc1cc(C(=O)NCc2ccc(CS(=O)(=O)NC)cc2)sc1C. The number of hydrogen-bond acceptors (Lipinski definition) is 4. The molecule has 130 valence electrons. The maximum atomic E-state index is 12.2. The fourth-order valence-corrected chi connectivity index (χ4v) is 4.10. The normalized spacial score (nSPS) is 11.5. The van der Waals surface area contributed by atoms with Gasteiger partial charge in [0.05, 0.1) is 10.6 Å². The van der Waals surface area contributed by atoms with Crippen LogP contribution in [0.2, 0.25) is 0 Å². The van der Waals surface area contributed by atoms with Crippen molar-refractivity contribution in [2.24, 2.45) is 0 Å². The minimum atomic E-state index is -3.27. The van der Waals surface area contributed by atoms with E-state index in [1.807, 2.05) is 25.1 Å². The monoisotopic (exact) mass is 366 g/mol. The van der Waals surface area contributed by atoms with Gasteiger partial charge in [-0.15, -0.1) is 11.3 Å². The second-order valence-electron chi connectivity index (χ2n) is 5.51. The number of amides is 1. The Morgan fingerprint density at radius 2 is 1.79 bits per heavy atom. The molecule has 0 unspecified atom stereocenters. The van der Waals surface area contributed by atoms with Crippen LogP contribution in [0.3, 0.4) is 0 Å². The molecule has 0 aliphatic carbocycles. The molecule has 0 saturated heterocycles. The average molecular weight is 367 g/mol. The molecule has 0 spiro atoms. The molecule has 0 aliphatic heterocycles. The summed E-state index contributed by atoms with van der Waals surface area (Å²) in [6, 6.07) is 9.14. The van der Waals surface area contributed by atoms with Gasteiger partial charge in [-0.1, -0.05) is 31.2 Å². The first-order chi connectivity index (χ1) is 11.3. The second kappa shape index (κ2) is 7.92. The molecule has 2 rings (SSSR count). The molecular formula is C17H22N2O3S2. The van der Waals surface area contributed by atoms with Crippen LogP contribution in [0.25, 0.3) is 0 Å². The van der Waals surface area contributed by atoms with Crippen LogP contribution in [0.15, 0.2) is 30.3 Å². The smallest absolute Gasteiger partial charge is 0.261 e. The molecule has 0 saturated carbocycles. The first-order valence-electron chi connectivity index (χ1n) is 7.71. The third-order valence-corrected chi connectivity index (χ3v) is 6.20. The lowest BCUT2D eigenvalue weighted by Gasteiger charge is -2.06. The molecule has 2 N–H and O–H groups in total. The summed E-state index contributed by atoms with van der Waals surface area (Å²) in [7, 11) is -1.87. The van der Waals surface area contributed by atoms with E-state index in [1.165, 1.54) is 28.8 Å². The van der Waals surface area contributed by atoms with E-state index in [0.717, 1.165) is 16.9 Å². The van der Waals surface area contributed by atoms with E-state index >= 15 is 0 Å². The zero-order valence-electron chi connectivity index (χ0n) is 14.0. The molecule has 1 aromatic carbocycles. The largest absolute Gasteiger partial charge is 0.347 e. The van der Waals surface area contributed by atoms with Crippen LogP contribution in [-0.4, -0.2) is 21.4 Å². The van der Waals surface area contributed by atoms with E-state index in [1.54, 1.807) is 12.1 Å². The van der Waals surface area contributed by atoms with Crippen LogP contribution in [0.1, 0.15) is 38.2 Å². The summed E-state index contributed by atoms with van der Waals surface area (Å²) in [5.74, 6) is -0.130. The number of hydrogen-bond donors (Lipinski definition) is 2. The number of sulfonamides is 1. The third-order valence-electron chi connectivity index (χ3n) is 3.77. The van der Waals surface area contributed by atoms with Gasteiger partial charge in [-0.25, -0.2) is 13.1 Å². The molecule has 0 radical (unpaired) electrons. The average Bonchev–Trinajstić information content (AvgIpc) is 2.94. The molecule has 2 aromatic rings. The van der Waals surface area contributed by atoms with Crippen LogP contribution in [0, 0.1) is 6.92 Å². The van der Waals surface area contributed by atoms with E-state index in [2.05, 4.69) is 17.0 Å². The lowest BCUT2D eigenvalue weighted by molar-refractivity contribution is 0.0955. The lowest BCUT2D eigenvalue weighted by atomic mass is 10.1. The summed E-state index contributed by atoms with van der Waals surface area (Å²) >= 11 is 1.51. The number of nitrogens with one attached hydrogen (secondary N) is 2. The van der Waals surface area contributed by atoms with Crippen LogP contribution in [0.5, 0.6) is 0 Å². The fourth-order valence-electron chi connectivity index (χ4n) is 2.30. The second-order valence-corrected chi connectivity index (χ2v) is 8.69. The van der Waals surface area contributed by atoms with Gasteiger partial charge in [0.25, 0.3) is 5.91 Å². The van der Waals surface area contributed by atoms with Gasteiger partial charge >= 0.3 is 0 Å². The summed E-state index contributed by atoms with van der Waals surface area (Å²) in [5, 5.41) is 2.90. The molecule has 7 heteroatoms. The highest BCUT2D eigenvalue weighted by atomic mass is 32.2. The zero-order valence-corrected chi connectivity index (χ0v) is 15.7. The van der Waals surface area contributed by atoms with Crippen molar-refractivity contribution in [3.05, 3.63) is 56.8 Å². The predicted octanol–water partition coefficient (Wildman–Crippen LogP) is 2.60. The quantitative estimate of drug-likeness (QED) is 0.791. The van der Waals surface area contributed by atoms with E-state index in [-0.39, 0.29) is 11.7 Å². The fraction of sp³-hybridized carbons (Fsp3) is 0.353. The summed E-state index contributed by atoms with van der Waals surface area (Å²) in [4.78, 5) is 14.1. The number of thiophene rings is 1. The zero-order chi connectivity index (χ0) is 17.7. The Hall–Kier alpha value is -1.70. The summed E-state index contributed by atoms with van der Waals surface area (Å²) < 4.78 is 25.3. The summed E-state index contributed by atoms with van der Waals surface area (Å²) in [6.07, 6.45) is 0.923. The van der Waals surface area contributed by atoms with Crippen molar-refractivity contribution in [1.82, 2.24) is 10.0 Å². The Morgan fingerprint density at radius 3 is 2.33 bits per heavy atom. The van der Waals surface area contributed by atoms with Crippen LogP contribution in [-0.2, 0) is 28.7 Å². The minimum absolute atomic E-state index is 0.0512. The Balaban J connectivity index is 1.95. The standard InChI is InChI=1S/C17H22N2O3S2/c1-4-15-9-16(23-12(15)2)17(20)19-10-13-5-7-14(8-6-13)11-24(21,22)18-3/h5-9,18H,4,10-11H2,1-3H3,(H,19,20). The van der Waals surface area contributed by atoms with Crippen molar-refractivity contribution in [2.75, 3.05) is 7.05 Å². The maximum absolute atomic E-state index is 12.2. The van der Waals surface area contributed by atoms with E-state index in [4.69, 9.17) is 0 Å². The molecule has 0 fully saturated rings. The van der Waals surface area contributed by atoms with Gasteiger partial charge in [0.2, 0.25) is 10.0 Å². The van der Waals surface area contributed by atoms with Gasteiger partial charge in [0, 0.05) is 11.4 Å². The number of benzene rings is 1. The van der Waals surface area contributed by atoms with Crippen molar-refractivity contribution in [3.8, 4) is 0 Å². The highest BCUT2D eigenvalue weighted by Gasteiger charge is 2.12.